The van der Waals surface area contributed by atoms with Crippen LogP contribution in [-0.4, -0.2) is 36.3 Å². The molecule has 1 aliphatic heterocycles. The van der Waals surface area contributed by atoms with E-state index in [1.165, 1.54) is 18.2 Å². The van der Waals surface area contributed by atoms with Crippen molar-refractivity contribution in [1.82, 2.24) is 0 Å². The maximum Gasteiger partial charge on any atom is 0.492 e. The lowest BCUT2D eigenvalue weighted by Gasteiger charge is -2.32. The van der Waals surface area contributed by atoms with Gasteiger partial charge in [0.2, 0.25) is 0 Å². The molecule has 0 aliphatic carbocycles. The predicted octanol–water partition coefficient (Wildman–Crippen LogP) is 2.65. The number of hydrogen-bond donors (Lipinski definition) is 1. The van der Waals surface area contributed by atoms with Crippen molar-refractivity contribution in [1.29, 1.82) is 0 Å². The fraction of sp³-hybridized carbons (Fsp3) is 0.438. The van der Waals surface area contributed by atoms with E-state index in [1.807, 2.05) is 27.7 Å². The molecule has 1 heterocycles. The summed E-state index contributed by atoms with van der Waals surface area (Å²) in [5.74, 6) is -0.625. The number of hydrogen-bond acceptors (Lipinski definition) is 4. The average molecular weight is 306 g/mol. The van der Waals surface area contributed by atoms with E-state index >= 15 is 0 Å². The summed E-state index contributed by atoms with van der Waals surface area (Å²) in [4.78, 5) is 10.8. The van der Waals surface area contributed by atoms with Gasteiger partial charge in [-0.3, -0.25) is 4.79 Å². The SMILES string of the molecule is CC1(C)OB(C(=Cc2cccc(C=O)c2F)CO)OC1(C)C. The van der Waals surface area contributed by atoms with E-state index in [4.69, 9.17) is 9.31 Å². The van der Waals surface area contributed by atoms with Crippen molar-refractivity contribution < 1.29 is 23.6 Å². The second kappa shape index (κ2) is 5.95. The van der Waals surface area contributed by atoms with Gasteiger partial charge in [0.15, 0.2) is 6.29 Å². The standard InChI is InChI=1S/C16H20BFO4/c1-15(2)16(3,4)22-17(21-15)13(10-20)8-11-6-5-7-12(9-19)14(11)18/h5-9,20H,10H2,1-4H3. The maximum atomic E-state index is 14.1. The molecule has 1 aromatic rings. The quantitative estimate of drug-likeness (QED) is 0.686. The van der Waals surface area contributed by atoms with Gasteiger partial charge in [-0.05, 0) is 39.2 Å². The van der Waals surface area contributed by atoms with E-state index in [2.05, 4.69) is 0 Å². The fourth-order valence-electron chi connectivity index (χ4n) is 2.15. The van der Waals surface area contributed by atoms with Gasteiger partial charge in [-0.1, -0.05) is 18.2 Å². The second-order valence-electron chi connectivity index (χ2n) is 6.33. The molecule has 0 unspecified atom stereocenters. The van der Waals surface area contributed by atoms with Crippen molar-refractivity contribution >= 4 is 19.5 Å². The Labute approximate surface area is 130 Å². The first-order chi connectivity index (χ1) is 10.2. The van der Waals surface area contributed by atoms with Crippen LogP contribution in [0.2, 0.25) is 0 Å². The molecule has 6 heteroatoms. The van der Waals surface area contributed by atoms with Gasteiger partial charge < -0.3 is 14.4 Å². The molecule has 1 saturated heterocycles. The molecule has 1 N–H and O–H groups in total. The van der Waals surface area contributed by atoms with Crippen LogP contribution >= 0.6 is 0 Å². The first-order valence-electron chi connectivity index (χ1n) is 7.12. The molecule has 0 aromatic heterocycles. The number of halogens is 1. The molecule has 1 aromatic carbocycles. The number of aldehydes is 1. The van der Waals surface area contributed by atoms with E-state index in [9.17, 15) is 14.3 Å². The molecule has 0 saturated carbocycles. The van der Waals surface area contributed by atoms with E-state index in [1.54, 1.807) is 6.07 Å². The summed E-state index contributed by atoms with van der Waals surface area (Å²) in [6.07, 6.45) is 1.92. The summed E-state index contributed by atoms with van der Waals surface area (Å²) in [5, 5.41) is 9.59. The molecule has 22 heavy (non-hydrogen) atoms. The number of benzene rings is 1. The van der Waals surface area contributed by atoms with Crippen molar-refractivity contribution in [3.8, 4) is 0 Å². The Balaban J connectivity index is 2.36. The highest BCUT2D eigenvalue weighted by atomic mass is 19.1. The van der Waals surface area contributed by atoms with Gasteiger partial charge in [-0.15, -0.1) is 0 Å². The largest absolute Gasteiger partial charge is 0.492 e. The smallest absolute Gasteiger partial charge is 0.400 e. The molecule has 0 amide bonds. The molecule has 118 valence electrons. The van der Waals surface area contributed by atoms with Gasteiger partial charge in [0.25, 0.3) is 0 Å². The zero-order valence-electron chi connectivity index (χ0n) is 13.2. The topological polar surface area (TPSA) is 55.8 Å². The van der Waals surface area contributed by atoms with E-state index in [-0.39, 0.29) is 17.7 Å². The number of carbonyl (C=O) groups excluding carboxylic acids is 1. The molecule has 0 spiro atoms. The van der Waals surface area contributed by atoms with Crippen molar-refractivity contribution in [2.24, 2.45) is 0 Å². The van der Waals surface area contributed by atoms with Crippen molar-refractivity contribution in [3.05, 3.63) is 40.6 Å². The van der Waals surface area contributed by atoms with Crippen LogP contribution in [0.4, 0.5) is 4.39 Å². The molecular formula is C16H20BFO4. The first kappa shape index (κ1) is 16.9. The van der Waals surface area contributed by atoms with E-state index in [0.717, 1.165) is 0 Å². The highest BCUT2D eigenvalue weighted by Gasteiger charge is 2.52. The van der Waals surface area contributed by atoms with Gasteiger partial charge in [0.1, 0.15) is 5.82 Å². The Morgan fingerprint density at radius 1 is 1.23 bits per heavy atom. The van der Waals surface area contributed by atoms with E-state index in [0.29, 0.717) is 11.8 Å². The molecule has 1 fully saturated rings. The van der Waals surface area contributed by atoms with Crippen molar-refractivity contribution in [2.75, 3.05) is 6.61 Å². The van der Waals surface area contributed by atoms with Crippen LogP contribution in [0.5, 0.6) is 0 Å². The molecule has 4 nitrogen and oxygen atoms in total. The molecule has 0 atom stereocenters. The van der Waals surface area contributed by atoms with Gasteiger partial charge in [0.05, 0.1) is 23.4 Å². The highest BCUT2D eigenvalue weighted by Crippen LogP contribution is 2.38. The van der Waals surface area contributed by atoms with Gasteiger partial charge in [-0.25, -0.2) is 4.39 Å². The summed E-state index contributed by atoms with van der Waals surface area (Å²) < 4.78 is 25.8. The molecular weight excluding hydrogens is 286 g/mol. The maximum absolute atomic E-state index is 14.1. The summed E-state index contributed by atoms with van der Waals surface area (Å²) >= 11 is 0. The number of aliphatic hydroxyl groups is 1. The molecule has 2 rings (SSSR count). The number of aliphatic hydroxyl groups excluding tert-OH is 1. The molecule has 1 aliphatic rings. The third-order valence-electron chi connectivity index (χ3n) is 4.26. The van der Waals surface area contributed by atoms with Crippen LogP contribution in [0, 0.1) is 5.82 Å². The minimum absolute atomic E-state index is 0.0278. The lowest BCUT2D eigenvalue weighted by atomic mass is 9.77. The Morgan fingerprint density at radius 3 is 2.27 bits per heavy atom. The van der Waals surface area contributed by atoms with Crippen LogP contribution in [-0.2, 0) is 9.31 Å². The minimum Gasteiger partial charge on any atom is -0.400 e. The Bertz CT molecular complexity index is 594. The fourth-order valence-corrected chi connectivity index (χ4v) is 2.15. The lowest BCUT2D eigenvalue weighted by Crippen LogP contribution is -2.41. The number of carbonyl (C=O) groups is 1. The monoisotopic (exact) mass is 306 g/mol. The first-order valence-corrected chi connectivity index (χ1v) is 7.12. The van der Waals surface area contributed by atoms with Crippen LogP contribution in [0.25, 0.3) is 6.08 Å². The van der Waals surface area contributed by atoms with Crippen LogP contribution in [0.3, 0.4) is 0 Å². The zero-order chi connectivity index (χ0) is 16.5. The van der Waals surface area contributed by atoms with Crippen LogP contribution in [0.1, 0.15) is 43.6 Å². The normalized spacial score (nSPS) is 20.3. The molecule has 0 bridgehead atoms. The minimum atomic E-state index is -0.755. The summed E-state index contributed by atoms with van der Waals surface area (Å²) in [6, 6.07) is 4.51. The Morgan fingerprint density at radius 2 is 1.77 bits per heavy atom. The second-order valence-corrected chi connectivity index (χ2v) is 6.33. The zero-order valence-corrected chi connectivity index (χ0v) is 13.2. The highest BCUT2D eigenvalue weighted by molar-refractivity contribution is 6.55. The lowest BCUT2D eigenvalue weighted by molar-refractivity contribution is 0.00578. The Hall–Kier alpha value is -1.50. The van der Waals surface area contributed by atoms with Crippen molar-refractivity contribution in [2.45, 2.75) is 38.9 Å². The summed E-state index contributed by atoms with van der Waals surface area (Å²) in [7, 11) is -0.755. The van der Waals surface area contributed by atoms with Crippen molar-refractivity contribution in [3.63, 3.8) is 0 Å². The average Bonchev–Trinajstić information content (AvgIpc) is 2.66. The van der Waals surface area contributed by atoms with Gasteiger partial charge in [-0.2, -0.15) is 0 Å². The Kier molecular flexibility index (Phi) is 4.56. The summed E-state index contributed by atoms with van der Waals surface area (Å²) in [6.45, 7) is 7.26. The molecule has 0 radical (unpaired) electrons. The van der Waals surface area contributed by atoms with Gasteiger partial charge in [0, 0.05) is 5.56 Å². The third-order valence-corrected chi connectivity index (χ3v) is 4.26. The van der Waals surface area contributed by atoms with Crippen LogP contribution in [0.15, 0.2) is 23.7 Å². The summed E-state index contributed by atoms with van der Waals surface area (Å²) in [5.41, 5.74) is -0.506. The van der Waals surface area contributed by atoms with Crippen LogP contribution < -0.4 is 0 Å². The predicted molar refractivity (Wildman–Crippen MR) is 82.9 cm³/mol. The number of rotatable bonds is 4. The van der Waals surface area contributed by atoms with E-state index < -0.39 is 24.1 Å². The van der Waals surface area contributed by atoms with Gasteiger partial charge >= 0.3 is 7.12 Å². The third kappa shape index (κ3) is 3.00.